The summed E-state index contributed by atoms with van der Waals surface area (Å²) in [4.78, 5) is 11.8. The summed E-state index contributed by atoms with van der Waals surface area (Å²) in [6.07, 6.45) is 1.05. The summed E-state index contributed by atoms with van der Waals surface area (Å²) in [6.45, 7) is 1.99. The molecule has 9 heteroatoms. The van der Waals surface area contributed by atoms with E-state index in [2.05, 4.69) is 16.0 Å². The van der Waals surface area contributed by atoms with E-state index < -0.39 is 9.96 Å². The van der Waals surface area contributed by atoms with E-state index in [9.17, 15) is 4.79 Å². The Labute approximate surface area is 161 Å². The average Bonchev–Trinajstić information content (AvgIpc) is 2.46. The molecule has 0 aliphatic rings. The SMILES string of the molecule is CCCCC(=O)NC(NC(=S)Nc1ccc(Cl)cc1)C(Cl)(Cl)Cl. The largest absolute Gasteiger partial charge is 0.339 e. The molecule has 1 aromatic rings. The van der Waals surface area contributed by atoms with Crippen LogP contribution >= 0.6 is 58.6 Å². The van der Waals surface area contributed by atoms with Crippen molar-refractivity contribution in [2.75, 3.05) is 5.32 Å². The van der Waals surface area contributed by atoms with Crippen LogP contribution in [-0.4, -0.2) is 21.0 Å². The third kappa shape index (κ3) is 8.27. The number of rotatable bonds is 6. The molecular weight excluding hydrogens is 400 g/mol. The number of thiocarbonyl (C=S) groups is 1. The van der Waals surface area contributed by atoms with Gasteiger partial charge in [0.05, 0.1) is 0 Å². The Balaban J connectivity index is 2.63. The van der Waals surface area contributed by atoms with Gasteiger partial charge in [-0.1, -0.05) is 59.7 Å². The standard InChI is InChI=1S/C14H17Cl4N3OS/c1-2-3-4-11(22)20-12(14(16,17)18)21-13(23)19-10-7-5-9(15)6-8-10/h5-8,12H,2-4H2,1H3,(H,20,22)(H2,19,21,23). The second-order valence-electron chi connectivity index (χ2n) is 4.75. The van der Waals surface area contributed by atoms with Crippen LogP contribution in [0.4, 0.5) is 5.69 Å². The van der Waals surface area contributed by atoms with E-state index in [4.69, 9.17) is 58.6 Å². The van der Waals surface area contributed by atoms with Gasteiger partial charge in [-0.05, 0) is 42.9 Å². The number of hydrogen-bond acceptors (Lipinski definition) is 2. The Morgan fingerprint density at radius 1 is 1.22 bits per heavy atom. The molecule has 1 atom stereocenters. The quantitative estimate of drug-likeness (QED) is 0.359. The third-order valence-corrected chi connectivity index (χ3v) is 3.89. The van der Waals surface area contributed by atoms with Crippen LogP contribution in [0.5, 0.6) is 0 Å². The normalized spacial score (nSPS) is 12.4. The van der Waals surface area contributed by atoms with Gasteiger partial charge in [0.1, 0.15) is 6.17 Å². The third-order valence-electron chi connectivity index (χ3n) is 2.77. The topological polar surface area (TPSA) is 53.2 Å². The molecule has 1 rings (SSSR count). The van der Waals surface area contributed by atoms with Crippen LogP contribution < -0.4 is 16.0 Å². The number of carbonyl (C=O) groups is 1. The van der Waals surface area contributed by atoms with E-state index in [-0.39, 0.29) is 11.0 Å². The molecule has 0 aliphatic carbocycles. The maximum atomic E-state index is 11.8. The molecule has 0 bridgehead atoms. The van der Waals surface area contributed by atoms with E-state index in [0.29, 0.717) is 17.1 Å². The molecule has 1 amide bonds. The van der Waals surface area contributed by atoms with Crippen LogP contribution in [0.25, 0.3) is 0 Å². The summed E-state index contributed by atoms with van der Waals surface area (Å²) in [5.74, 6) is -0.218. The highest BCUT2D eigenvalue weighted by molar-refractivity contribution is 7.80. The van der Waals surface area contributed by atoms with Gasteiger partial charge in [-0.25, -0.2) is 0 Å². The Bertz CT molecular complexity index is 534. The molecule has 23 heavy (non-hydrogen) atoms. The van der Waals surface area contributed by atoms with Gasteiger partial charge < -0.3 is 16.0 Å². The summed E-state index contributed by atoms with van der Waals surface area (Å²) in [7, 11) is 0. The molecule has 0 spiro atoms. The minimum Gasteiger partial charge on any atom is -0.339 e. The first kappa shape index (κ1) is 20.6. The fourth-order valence-electron chi connectivity index (χ4n) is 1.60. The highest BCUT2D eigenvalue weighted by atomic mass is 35.6. The van der Waals surface area contributed by atoms with Crippen LogP contribution in [0.15, 0.2) is 24.3 Å². The molecule has 0 aliphatic heterocycles. The number of hydrogen-bond donors (Lipinski definition) is 3. The zero-order chi connectivity index (χ0) is 17.5. The van der Waals surface area contributed by atoms with E-state index in [1.165, 1.54) is 0 Å². The molecule has 0 aromatic heterocycles. The molecule has 0 saturated carbocycles. The number of amides is 1. The van der Waals surface area contributed by atoms with Gasteiger partial charge in [0, 0.05) is 17.1 Å². The molecule has 4 nitrogen and oxygen atoms in total. The molecule has 0 saturated heterocycles. The first-order valence-electron chi connectivity index (χ1n) is 6.91. The number of halogens is 4. The molecule has 0 fully saturated rings. The van der Waals surface area contributed by atoms with Gasteiger partial charge in [-0.15, -0.1) is 0 Å². The number of unbranched alkanes of at least 4 members (excludes halogenated alkanes) is 1. The number of alkyl halides is 3. The smallest absolute Gasteiger partial charge is 0.228 e. The minimum absolute atomic E-state index is 0.208. The van der Waals surface area contributed by atoms with Crippen LogP contribution in [0.1, 0.15) is 26.2 Å². The molecule has 1 unspecified atom stereocenters. The average molecular weight is 417 g/mol. The van der Waals surface area contributed by atoms with Crippen molar-refractivity contribution in [3.63, 3.8) is 0 Å². The van der Waals surface area contributed by atoms with Gasteiger partial charge in [0.2, 0.25) is 9.70 Å². The van der Waals surface area contributed by atoms with Gasteiger partial charge in [0.25, 0.3) is 0 Å². The van der Waals surface area contributed by atoms with Crippen LogP contribution in [0.2, 0.25) is 5.02 Å². The van der Waals surface area contributed by atoms with Crippen LogP contribution in [-0.2, 0) is 4.79 Å². The first-order valence-corrected chi connectivity index (χ1v) is 8.83. The molecule has 3 N–H and O–H groups in total. The summed E-state index contributed by atoms with van der Waals surface area (Å²) >= 11 is 28.7. The number of nitrogens with one attached hydrogen (secondary N) is 3. The lowest BCUT2D eigenvalue weighted by molar-refractivity contribution is -0.122. The van der Waals surface area contributed by atoms with Crippen molar-refractivity contribution in [1.29, 1.82) is 0 Å². The van der Waals surface area contributed by atoms with Gasteiger partial charge >= 0.3 is 0 Å². The second-order valence-corrected chi connectivity index (χ2v) is 7.96. The van der Waals surface area contributed by atoms with Crippen molar-refractivity contribution in [3.8, 4) is 0 Å². The Morgan fingerprint density at radius 2 is 1.83 bits per heavy atom. The number of anilines is 1. The molecular formula is C14H17Cl4N3OS. The Morgan fingerprint density at radius 3 is 2.35 bits per heavy atom. The second kappa shape index (κ2) is 9.74. The lowest BCUT2D eigenvalue weighted by atomic mass is 10.2. The van der Waals surface area contributed by atoms with E-state index >= 15 is 0 Å². The molecule has 0 radical (unpaired) electrons. The van der Waals surface area contributed by atoms with Crippen LogP contribution in [0, 0.1) is 0 Å². The lowest BCUT2D eigenvalue weighted by Crippen LogP contribution is -2.56. The zero-order valence-corrected chi connectivity index (χ0v) is 16.2. The molecule has 128 valence electrons. The predicted octanol–water partition coefficient (Wildman–Crippen LogP) is 4.63. The Kier molecular flexibility index (Phi) is 8.72. The van der Waals surface area contributed by atoms with Gasteiger partial charge in [-0.2, -0.15) is 0 Å². The highest BCUT2D eigenvalue weighted by Crippen LogP contribution is 2.29. The summed E-state index contributed by atoms with van der Waals surface area (Å²) in [5.41, 5.74) is 0.715. The maximum Gasteiger partial charge on any atom is 0.228 e. The first-order chi connectivity index (χ1) is 10.7. The van der Waals surface area contributed by atoms with Gasteiger partial charge in [0.15, 0.2) is 5.11 Å². The van der Waals surface area contributed by atoms with Crippen molar-refractivity contribution in [2.24, 2.45) is 0 Å². The summed E-state index contributed by atoms with van der Waals surface area (Å²) in [5, 5.41) is 9.15. The fraction of sp³-hybridized carbons (Fsp3) is 0.429. The van der Waals surface area contributed by atoms with Crippen LogP contribution in [0.3, 0.4) is 0 Å². The van der Waals surface area contributed by atoms with E-state index in [0.717, 1.165) is 12.8 Å². The Hall–Kier alpha value is -0.460. The highest BCUT2D eigenvalue weighted by Gasteiger charge is 2.34. The van der Waals surface area contributed by atoms with Crippen molar-refractivity contribution in [2.45, 2.75) is 36.1 Å². The lowest BCUT2D eigenvalue weighted by Gasteiger charge is -2.27. The maximum absolute atomic E-state index is 11.8. The van der Waals surface area contributed by atoms with Crippen molar-refractivity contribution in [3.05, 3.63) is 29.3 Å². The fourth-order valence-corrected chi connectivity index (χ4v) is 2.29. The monoisotopic (exact) mass is 415 g/mol. The van der Waals surface area contributed by atoms with E-state index in [1.54, 1.807) is 24.3 Å². The molecule has 0 heterocycles. The van der Waals surface area contributed by atoms with Crippen molar-refractivity contribution < 1.29 is 4.79 Å². The summed E-state index contributed by atoms with van der Waals surface area (Å²) < 4.78 is -1.76. The minimum atomic E-state index is -1.76. The van der Waals surface area contributed by atoms with Gasteiger partial charge in [-0.3, -0.25) is 4.79 Å². The zero-order valence-electron chi connectivity index (χ0n) is 12.3. The van der Waals surface area contributed by atoms with E-state index in [1.807, 2.05) is 6.92 Å². The van der Waals surface area contributed by atoms with Crippen molar-refractivity contribution in [1.82, 2.24) is 10.6 Å². The van der Waals surface area contributed by atoms with Crippen molar-refractivity contribution >= 4 is 75.3 Å². The predicted molar refractivity (Wildman–Crippen MR) is 103 cm³/mol. The number of benzene rings is 1. The molecule has 1 aromatic carbocycles. The summed E-state index contributed by atoms with van der Waals surface area (Å²) in [6, 6.07) is 6.93. The number of carbonyl (C=O) groups excluding carboxylic acids is 1.